The fourth-order valence-corrected chi connectivity index (χ4v) is 4.16. The summed E-state index contributed by atoms with van der Waals surface area (Å²) in [6.07, 6.45) is 6.01. The average molecular weight is 367 g/mol. The molecule has 1 saturated heterocycles. The zero-order chi connectivity index (χ0) is 17.9. The number of imidazole rings is 1. The maximum Gasteiger partial charge on any atom is 0.265 e. The van der Waals surface area contributed by atoms with Gasteiger partial charge in [-0.1, -0.05) is 18.2 Å². The number of hydrogen-bond donors (Lipinski definition) is 1. The number of rotatable bonds is 5. The van der Waals surface area contributed by atoms with Gasteiger partial charge in [0.25, 0.3) is 5.91 Å². The zero-order valence-electron chi connectivity index (χ0n) is 14.6. The third-order valence-corrected chi connectivity index (χ3v) is 5.80. The first-order valence-electron chi connectivity index (χ1n) is 8.79. The number of carbonyl (C=O) groups excluding carboxylic acids is 1. The molecule has 0 aliphatic carbocycles. The molecule has 1 N–H and O–H groups in total. The molecule has 1 amide bonds. The standard InChI is InChI=1S/C20H21N3O2S/c1-14-21-10-11-23(14)13-15-5-2-3-6-16(15)22-20(24)19-9-8-18(26-19)17-7-4-12-25-17/h2-3,5-6,8-11,17H,4,7,12-13H2,1H3,(H,22,24). The first-order valence-corrected chi connectivity index (χ1v) is 9.60. The molecule has 134 valence electrons. The highest BCUT2D eigenvalue weighted by Crippen LogP contribution is 2.33. The van der Waals surface area contributed by atoms with Crippen LogP contribution in [0, 0.1) is 6.92 Å². The Morgan fingerprint density at radius 1 is 1.35 bits per heavy atom. The molecule has 1 fully saturated rings. The number of nitrogens with zero attached hydrogens (tertiary/aromatic N) is 2. The van der Waals surface area contributed by atoms with Crippen molar-refractivity contribution in [3.05, 3.63) is 69.9 Å². The highest BCUT2D eigenvalue weighted by atomic mass is 32.1. The number of carbonyl (C=O) groups is 1. The van der Waals surface area contributed by atoms with Gasteiger partial charge in [0, 0.05) is 29.6 Å². The Hall–Kier alpha value is -2.44. The summed E-state index contributed by atoms with van der Waals surface area (Å²) in [5.41, 5.74) is 1.88. The van der Waals surface area contributed by atoms with E-state index in [2.05, 4.69) is 14.9 Å². The molecule has 2 aromatic heterocycles. The van der Waals surface area contributed by atoms with Crippen LogP contribution in [0.15, 0.2) is 48.8 Å². The molecule has 1 aromatic carbocycles. The second-order valence-corrected chi connectivity index (χ2v) is 7.53. The number of aromatic nitrogens is 2. The lowest BCUT2D eigenvalue weighted by atomic mass is 10.1. The van der Waals surface area contributed by atoms with Crippen molar-refractivity contribution >= 4 is 22.9 Å². The molecule has 0 spiro atoms. The largest absolute Gasteiger partial charge is 0.373 e. The highest BCUT2D eigenvalue weighted by molar-refractivity contribution is 7.14. The third-order valence-electron chi connectivity index (χ3n) is 4.63. The van der Waals surface area contributed by atoms with E-state index >= 15 is 0 Å². The van der Waals surface area contributed by atoms with E-state index in [1.807, 2.05) is 49.5 Å². The molecule has 0 radical (unpaired) electrons. The van der Waals surface area contributed by atoms with Crippen LogP contribution in [0.4, 0.5) is 5.69 Å². The van der Waals surface area contributed by atoms with Gasteiger partial charge in [-0.25, -0.2) is 4.98 Å². The number of benzene rings is 1. The summed E-state index contributed by atoms with van der Waals surface area (Å²) >= 11 is 1.52. The zero-order valence-corrected chi connectivity index (χ0v) is 15.5. The van der Waals surface area contributed by atoms with E-state index in [9.17, 15) is 4.79 Å². The van der Waals surface area contributed by atoms with Gasteiger partial charge in [-0.3, -0.25) is 4.79 Å². The monoisotopic (exact) mass is 367 g/mol. The molecule has 4 rings (SSSR count). The summed E-state index contributed by atoms with van der Waals surface area (Å²) in [6.45, 7) is 3.46. The molecule has 3 aromatic rings. The topological polar surface area (TPSA) is 56.2 Å². The van der Waals surface area contributed by atoms with Crippen LogP contribution >= 0.6 is 11.3 Å². The summed E-state index contributed by atoms with van der Waals surface area (Å²) in [4.78, 5) is 18.8. The second-order valence-electron chi connectivity index (χ2n) is 6.42. The quantitative estimate of drug-likeness (QED) is 0.727. The van der Waals surface area contributed by atoms with Crippen LogP contribution in [0.25, 0.3) is 0 Å². The predicted octanol–water partition coefficient (Wildman–Crippen LogP) is 4.41. The van der Waals surface area contributed by atoms with E-state index in [-0.39, 0.29) is 12.0 Å². The molecule has 0 saturated carbocycles. The molecular weight excluding hydrogens is 346 g/mol. The van der Waals surface area contributed by atoms with E-state index in [1.54, 1.807) is 6.20 Å². The van der Waals surface area contributed by atoms with Crippen LogP contribution in [0.2, 0.25) is 0 Å². The molecule has 1 aliphatic rings. The SMILES string of the molecule is Cc1nccn1Cc1ccccc1NC(=O)c1ccc(C2CCCO2)s1. The van der Waals surface area contributed by atoms with Crippen LogP contribution in [-0.2, 0) is 11.3 Å². The van der Waals surface area contributed by atoms with Crippen LogP contribution in [0.1, 0.15) is 44.9 Å². The lowest BCUT2D eigenvalue weighted by Crippen LogP contribution is -2.13. The maximum absolute atomic E-state index is 12.7. The molecule has 0 bridgehead atoms. The number of para-hydroxylation sites is 1. The lowest BCUT2D eigenvalue weighted by molar-refractivity contribution is 0.103. The van der Waals surface area contributed by atoms with Gasteiger partial charge in [0.1, 0.15) is 5.82 Å². The van der Waals surface area contributed by atoms with Gasteiger partial charge in [-0.15, -0.1) is 11.3 Å². The van der Waals surface area contributed by atoms with Gasteiger partial charge in [0.2, 0.25) is 0 Å². The van der Waals surface area contributed by atoms with Crippen molar-refractivity contribution in [2.45, 2.75) is 32.4 Å². The maximum atomic E-state index is 12.7. The van der Waals surface area contributed by atoms with Crippen molar-refractivity contribution in [3.8, 4) is 0 Å². The lowest BCUT2D eigenvalue weighted by Gasteiger charge is -2.12. The van der Waals surface area contributed by atoms with E-state index < -0.39 is 0 Å². The van der Waals surface area contributed by atoms with Gasteiger partial charge >= 0.3 is 0 Å². The first-order chi connectivity index (χ1) is 12.7. The van der Waals surface area contributed by atoms with Crippen molar-refractivity contribution in [3.63, 3.8) is 0 Å². The summed E-state index contributed by atoms with van der Waals surface area (Å²) in [5.74, 6) is 0.875. The second kappa shape index (κ2) is 7.43. The molecule has 3 heterocycles. The van der Waals surface area contributed by atoms with Crippen molar-refractivity contribution in [1.29, 1.82) is 0 Å². The van der Waals surface area contributed by atoms with Crippen LogP contribution < -0.4 is 5.32 Å². The van der Waals surface area contributed by atoms with Crippen LogP contribution in [-0.4, -0.2) is 22.1 Å². The number of hydrogen-bond acceptors (Lipinski definition) is 4. The van der Waals surface area contributed by atoms with E-state index in [4.69, 9.17) is 4.74 Å². The molecule has 5 nitrogen and oxygen atoms in total. The normalized spacial score (nSPS) is 16.7. The number of amides is 1. The van der Waals surface area contributed by atoms with Crippen molar-refractivity contribution in [1.82, 2.24) is 9.55 Å². The van der Waals surface area contributed by atoms with Crippen molar-refractivity contribution in [2.75, 3.05) is 11.9 Å². The molecule has 6 heteroatoms. The number of nitrogens with one attached hydrogen (secondary N) is 1. The van der Waals surface area contributed by atoms with Crippen molar-refractivity contribution in [2.24, 2.45) is 0 Å². The molecule has 1 atom stereocenters. The third kappa shape index (κ3) is 3.57. The summed E-state index contributed by atoms with van der Waals surface area (Å²) in [6, 6.07) is 11.8. The Balaban J connectivity index is 1.50. The fourth-order valence-electron chi connectivity index (χ4n) is 3.17. The van der Waals surface area contributed by atoms with Crippen LogP contribution in [0.5, 0.6) is 0 Å². The summed E-state index contributed by atoms with van der Waals surface area (Å²) in [7, 11) is 0. The van der Waals surface area contributed by atoms with Gasteiger partial charge in [-0.05, 0) is 43.5 Å². The Morgan fingerprint density at radius 2 is 2.23 bits per heavy atom. The Morgan fingerprint density at radius 3 is 3.00 bits per heavy atom. The highest BCUT2D eigenvalue weighted by Gasteiger charge is 2.21. The van der Waals surface area contributed by atoms with Gasteiger partial charge in [0.05, 0.1) is 17.5 Å². The number of anilines is 1. The van der Waals surface area contributed by atoms with Crippen molar-refractivity contribution < 1.29 is 9.53 Å². The Bertz CT molecular complexity index is 909. The number of ether oxygens (including phenoxy) is 1. The molecule has 26 heavy (non-hydrogen) atoms. The van der Waals surface area contributed by atoms with E-state index in [0.717, 1.165) is 41.4 Å². The number of aryl methyl sites for hydroxylation is 1. The molecule has 1 unspecified atom stereocenters. The van der Waals surface area contributed by atoms with Crippen LogP contribution in [0.3, 0.4) is 0 Å². The predicted molar refractivity (Wildman–Crippen MR) is 103 cm³/mol. The summed E-state index contributed by atoms with van der Waals surface area (Å²) in [5, 5.41) is 3.06. The van der Waals surface area contributed by atoms with E-state index in [1.165, 1.54) is 11.3 Å². The van der Waals surface area contributed by atoms with E-state index in [0.29, 0.717) is 11.4 Å². The van der Waals surface area contributed by atoms with Gasteiger partial charge in [0.15, 0.2) is 0 Å². The van der Waals surface area contributed by atoms with Gasteiger partial charge < -0.3 is 14.6 Å². The fraction of sp³-hybridized carbons (Fsp3) is 0.300. The Kier molecular flexibility index (Phi) is 4.86. The Labute approximate surface area is 156 Å². The number of thiophene rings is 1. The summed E-state index contributed by atoms with van der Waals surface area (Å²) < 4.78 is 7.77. The minimum Gasteiger partial charge on any atom is -0.373 e. The minimum absolute atomic E-state index is 0.0750. The smallest absolute Gasteiger partial charge is 0.265 e. The minimum atomic E-state index is -0.0750. The first kappa shape index (κ1) is 17.0. The average Bonchev–Trinajstić information content (AvgIpc) is 3.38. The van der Waals surface area contributed by atoms with Gasteiger partial charge in [-0.2, -0.15) is 0 Å². The molecule has 1 aliphatic heterocycles. The molecular formula is C20H21N3O2S.